The molecular formula is C13H17F3N2. The molecule has 1 fully saturated rings. The van der Waals surface area contributed by atoms with Gasteiger partial charge in [-0.1, -0.05) is 12.1 Å². The molecule has 1 saturated heterocycles. The van der Waals surface area contributed by atoms with Gasteiger partial charge in [0.1, 0.15) is 6.54 Å². The number of piperidine rings is 1. The lowest BCUT2D eigenvalue weighted by Gasteiger charge is -2.23. The Bertz CT molecular complexity index is 367. The van der Waals surface area contributed by atoms with E-state index in [9.17, 15) is 13.2 Å². The van der Waals surface area contributed by atoms with Gasteiger partial charge in [-0.05, 0) is 49.5 Å². The first kappa shape index (κ1) is 13.2. The van der Waals surface area contributed by atoms with Gasteiger partial charge in [-0.25, -0.2) is 0 Å². The minimum atomic E-state index is -4.17. The normalized spacial score (nSPS) is 17.7. The van der Waals surface area contributed by atoms with Crippen LogP contribution in [0.5, 0.6) is 0 Å². The van der Waals surface area contributed by atoms with E-state index in [1.807, 2.05) is 12.1 Å². The summed E-state index contributed by atoms with van der Waals surface area (Å²) in [5.41, 5.74) is 1.74. The summed E-state index contributed by atoms with van der Waals surface area (Å²) in [7, 11) is 0. The average Bonchev–Trinajstić information content (AvgIpc) is 2.37. The Hall–Kier alpha value is -1.23. The molecule has 1 aromatic carbocycles. The lowest BCUT2D eigenvalue weighted by atomic mass is 9.90. The molecule has 2 N–H and O–H groups in total. The van der Waals surface area contributed by atoms with E-state index in [1.165, 1.54) is 5.56 Å². The zero-order valence-electron chi connectivity index (χ0n) is 10.1. The molecule has 0 saturated carbocycles. The van der Waals surface area contributed by atoms with Crippen LogP contribution in [-0.4, -0.2) is 25.8 Å². The van der Waals surface area contributed by atoms with Crippen molar-refractivity contribution in [3.8, 4) is 0 Å². The molecule has 1 aliphatic heterocycles. The summed E-state index contributed by atoms with van der Waals surface area (Å²) in [6, 6.07) is 7.30. The van der Waals surface area contributed by atoms with Crippen LogP contribution < -0.4 is 10.6 Å². The quantitative estimate of drug-likeness (QED) is 0.870. The van der Waals surface area contributed by atoms with Crippen LogP contribution in [0, 0.1) is 0 Å². The van der Waals surface area contributed by atoms with Gasteiger partial charge in [-0.2, -0.15) is 13.2 Å². The molecule has 2 rings (SSSR count). The third kappa shape index (κ3) is 3.91. The second-order valence-electron chi connectivity index (χ2n) is 4.62. The predicted octanol–water partition coefficient (Wildman–Crippen LogP) is 3.13. The SMILES string of the molecule is FC(F)(F)CNc1ccc(C2CCNCC2)cc1. The number of hydrogen-bond acceptors (Lipinski definition) is 2. The van der Waals surface area contributed by atoms with Crippen molar-refractivity contribution in [2.45, 2.75) is 24.9 Å². The maximum Gasteiger partial charge on any atom is 0.405 e. The van der Waals surface area contributed by atoms with E-state index in [0.29, 0.717) is 11.6 Å². The summed E-state index contributed by atoms with van der Waals surface area (Å²) in [6.07, 6.45) is -1.99. The molecule has 0 bridgehead atoms. The zero-order chi connectivity index (χ0) is 13.0. The van der Waals surface area contributed by atoms with E-state index < -0.39 is 12.7 Å². The number of benzene rings is 1. The first-order valence-corrected chi connectivity index (χ1v) is 6.16. The molecule has 5 heteroatoms. The molecular weight excluding hydrogens is 241 g/mol. The predicted molar refractivity (Wildman–Crippen MR) is 65.8 cm³/mol. The smallest absolute Gasteiger partial charge is 0.376 e. The van der Waals surface area contributed by atoms with Crippen molar-refractivity contribution >= 4 is 5.69 Å². The maximum atomic E-state index is 12.0. The Labute approximate surface area is 105 Å². The van der Waals surface area contributed by atoms with Crippen LogP contribution in [0.4, 0.5) is 18.9 Å². The summed E-state index contributed by atoms with van der Waals surface area (Å²) >= 11 is 0. The third-order valence-electron chi connectivity index (χ3n) is 3.21. The van der Waals surface area contributed by atoms with Crippen LogP contribution in [0.1, 0.15) is 24.3 Å². The molecule has 1 aliphatic rings. The molecule has 0 spiro atoms. The molecule has 0 radical (unpaired) electrons. The zero-order valence-corrected chi connectivity index (χ0v) is 10.1. The Morgan fingerprint density at radius 1 is 1.11 bits per heavy atom. The molecule has 0 aliphatic carbocycles. The number of anilines is 1. The first-order valence-electron chi connectivity index (χ1n) is 6.16. The van der Waals surface area contributed by atoms with Crippen LogP contribution in [-0.2, 0) is 0 Å². The standard InChI is InChI=1S/C13H17F3N2/c14-13(15,16)9-18-12-3-1-10(2-4-12)11-5-7-17-8-6-11/h1-4,11,17-18H,5-9H2. The van der Waals surface area contributed by atoms with Crippen LogP contribution in [0.25, 0.3) is 0 Å². The fraction of sp³-hybridized carbons (Fsp3) is 0.538. The fourth-order valence-electron chi connectivity index (χ4n) is 2.23. The summed E-state index contributed by atoms with van der Waals surface area (Å²) < 4.78 is 36.1. The molecule has 0 aromatic heterocycles. The van der Waals surface area contributed by atoms with Crippen molar-refractivity contribution in [1.82, 2.24) is 5.32 Å². The summed E-state index contributed by atoms with van der Waals surface area (Å²) in [6.45, 7) is 1.04. The Morgan fingerprint density at radius 2 is 1.72 bits per heavy atom. The highest BCUT2D eigenvalue weighted by molar-refractivity contribution is 5.45. The fourth-order valence-corrected chi connectivity index (χ4v) is 2.23. The highest BCUT2D eigenvalue weighted by Gasteiger charge is 2.26. The molecule has 1 aromatic rings. The lowest BCUT2D eigenvalue weighted by molar-refractivity contribution is -0.115. The first-order chi connectivity index (χ1) is 8.54. The second-order valence-corrected chi connectivity index (χ2v) is 4.62. The van der Waals surface area contributed by atoms with E-state index in [0.717, 1.165) is 25.9 Å². The van der Waals surface area contributed by atoms with Crippen molar-refractivity contribution < 1.29 is 13.2 Å². The van der Waals surface area contributed by atoms with Crippen molar-refractivity contribution in [3.05, 3.63) is 29.8 Å². The van der Waals surface area contributed by atoms with Crippen LogP contribution in [0.15, 0.2) is 24.3 Å². The monoisotopic (exact) mass is 258 g/mol. The number of nitrogens with one attached hydrogen (secondary N) is 2. The van der Waals surface area contributed by atoms with Gasteiger partial charge in [-0.3, -0.25) is 0 Å². The van der Waals surface area contributed by atoms with Gasteiger partial charge in [0.2, 0.25) is 0 Å². The minimum Gasteiger partial charge on any atom is -0.376 e. The second kappa shape index (κ2) is 5.61. The van der Waals surface area contributed by atoms with Gasteiger partial charge in [-0.15, -0.1) is 0 Å². The van der Waals surface area contributed by atoms with Crippen LogP contribution >= 0.6 is 0 Å². The van der Waals surface area contributed by atoms with Gasteiger partial charge in [0.15, 0.2) is 0 Å². The number of alkyl halides is 3. The van der Waals surface area contributed by atoms with Gasteiger partial charge in [0.25, 0.3) is 0 Å². The van der Waals surface area contributed by atoms with Crippen molar-refractivity contribution in [3.63, 3.8) is 0 Å². The van der Waals surface area contributed by atoms with Crippen LogP contribution in [0.3, 0.4) is 0 Å². The summed E-state index contributed by atoms with van der Waals surface area (Å²) in [4.78, 5) is 0. The summed E-state index contributed by atoms with van der Waals surface area (Å²) in [5, 5.41) is 5.67. The van der Waals surface area contributed by atoms with Gasteiger partial charge < -0.3 is 10.6 Å². The Morgan fingerprint density at radius 3 is 2.28 bits per heavy atom. The lowest BCUT2D eigenvalue weighted by Crippen LogP contribution is -2.26. The molecule has 0 unspecified atom stereocenters. The molecule has 100 valence electrons. The summed E-state index contributed by atoms with van der Waals surface area (Å²) in [5.74, 6) is 0.530. The molecule has 18 heavy (non-hydrogen) atoms. The van der Waals surface area contributed by atoms with Crippen molar-refractivity contribution in [2.75, 3.05) is 25.0 Å². The van der Waals surface area contributed by atoms with Gasteiger partial charge in [0.05, 0.1) is 0 Å². The highest BCUT2D eigenvalue weighted by atomic mass is 19.4. The number of hydrogen-bond donors (Lipinski definition) is 2. The van der Waals surface area contributed by atoms with Gasteiger partial charge in [0, 0.05) is 5.69 Å². The maximum absolute atomic E-state index is 12.0. The minimum absolute atomic E-state index is 0.519. The molecule has 2 nitrogen and oxygen atoms in total. The third-order valence-corrected chi connectivity index (χ3v) is 3.21. The number of halogens is 3. The number of rotatable bonds is 3. The van der Waals surface area contributed by atoms with E-state index in [-0.39, 0.29) is 0 Å². The molecule has 0 amide bonds. The average molecular weight is 258 g/mol. The van der Waals surface area contributed by atoms with Crippen LogP contribution in [0.2, 0.25) is 0 Å². The van der Waals surface area contributed by atoms with Crippen molar-refractivity contribution in [2.24, 2.45) is 0 Å². The van der Waals surface area contributed by atoms with E-state index in [2.05, 4.69) is 10.6 Å². The highest BCUT2D eigenvalue weighted by Crippen LogP contribution is 2.26. The van der Waals surface area contributed by atoms with Crippen molar-refractivity contribution in [1.29, 1.82) is 0 Å². The Balaban J connectivity index is 1.92. The largest absolute Gasteiger partial charge is 0.405 e. The van der Waals surface area contributed by atoms with E-state index in [4.69, 9.17) is 0 Å². The topological polar surface area (TPSA) is 24.1 Å². The van der Waals surface area contributed by atoms with Gasteiger partial charge >= 0.3 is 6.18 Å². The molecule has 0 atom stereocenters. The Kier molecular flexibility index (Phi) is 4.11. The van der Waals surface area contributed by atoms with E-state index in [1.54, 1.807) is 12.1 Å². The van der Waals surface area contributed by atoms with E-state index >= 15 is 0 Å². The molecule has 1 heterocycles.